The number of halogens is 2. The van der Waals surface area contributed by atoms with Gasteiger partial charge < -0.3 is 10.1 Å². The smallest absolute Gasteiger partial charge is 0.219 e. The van der Waals surface area contributed by atoms with E-state index in [-0.39, 0.29) is 0 Å². The van der Waals surface area contributed by atoms with Crippen LogP contribution < -0.4 is 10.1 Å². The molecule has 104 valence electrons. The minimum absolute atomic E-state index is 0.586. The molecule has 1 aliphatic rings. The Kier molecular flexibility index (Phi) is 4.24. The van der Waals surface area contributed by atoms with Crippen LogP contribution in [0.3, 0.4) is 0 Å². The van der Waals surface area contributed by atoms with Gasteiger partial charge in [-0.3, -0.25) is 0 Å². The molecule has 0 bridgehead atoms. The number of hydrogen-bond donors (Lipinski definition) is 1. The van der Waals surface area contributed by atoms with Crippen molar-refractivity contribution in [1.82, 2.24) is 10.3 Å². The summed E-state index contributed by atoms with van der Waals surface area (Å²) >= 11 is 9.34. The third-order valence-electron chi connectivity index (χ3n) is 3.04. The lowest BCUT2D eigenvalue weighted by Crippen LogP contribution is -2.16. The Balaban J connectivity index is 1.70. The van der Waals surface area contributed by atoms with Crippen molar-refractivity contribution in [1.29, 1.82) is 0 Å². The topological polar surface area (TPSA) is 34.1 Å². The molecule has 0 aliphatic heterocycles. The summed E-state index contributed by atoms with van der Waals surface area (Å²) in [6, 6.07) is 11.9. The van der Waals surface area contributed by atoms with Gasteiger partial charge in [0.2, 0.25) is 5.88 Å². The van der Waals surface area contributed by atoms with Gasteiger partial charge in [0, 0.05) is 23.7 Å². The quantitative estimate of drug-likeness (QED) is 0.857. The summed E-state index contributed by atoms with van der Waals surface area (Å²) in [4.78, 5) is 4.49. The molecule has 1 saturated carbocycles. The summed E-state index contributed by atoms with van der Waals surface area (Å²) < 4.78 is 6.60. The standard InChI is InChI=1S/C15H14BrClN2O/c16-13-8-10(17)4-7-14(13)20-15-3-1-2-12(19-15)9-18-11-5-6-11/h1-4,7-8,11,18H,5-6,9H2. The monoisotopic (exact) mass is 352 g/mol. The number of hydrogen-bond acceptors (Lipinski definition) is 3. The Hall–Kier alpha value is -1.10. The largest absolute Gasteiger partial charge is 0.438 e. The van der Waals surface area contributed by atoms with E-state index in [2.05, 4.69) is 26.2 Å². The van der Waals surface area contributed by atoms with E-state index in [9.17, 15) is 0 Å². The highest BCUT2D eigenvalue weighted by molar-refractivity contribution is 9.10. The molecule has 0 radical (unpaired) electrons. The SMILES string of the molecule is Clc1ccc(Oc2cccc(CNC3CC3)n2)c(Br)c1. The van der Waals surface area contributed by atoms with E-state index in [0.29, 0.717) is 22.7 Å². The first-order valence-corrected chi connectivity index (χ1v) is 7.70. The van der Waals surface area contributed by atoms with Crippen LogP contribution in [0.1, 0.15) is 18.5 Å². The molecule has 5 heteroatoms. The van der Waals surface area contributed by atoms with Crippen LogP contribution in [0.2, 0.25) is 5.02 Å². The number of nitrogens with one attached hydrogen (secondary N) is 1. The molecule has 0 unspecified atom stereocenters. The number of aromatic nitrogens is 1. The number of nitrogens with zero attached hydrogens (tertiary/aromatic N) is 1. The van der Waals surface area contributed by atoms with Crippen molar-refractivity contribution >= 4 is 27.5 Å². The zero-order valence-corrected chi connectivity index (χ0v) is 13.1. The first kappa shape index (κ1) is 13.9. The van der Waals surface area contributed by atoms with E-state index in [4.69, 9.17) is 16.3 Å². The highest BCUT2D eigenvalue weighted by atomic mass is 79.9. The lowest BCUT2D eigenvalue weighted by Gasteiger charge is -2.09. The summed E-state index contributed by atoms with van der Waals surface area (Å²) in [7, 11) is 0. The maximum atomic E-state index is 5.91. The molecule has 1 aromatic carbocycles. The van der Waals surface area contributed by atoms with E-state index >= 15 is 0 Å². The van der Waals surface area contributed by atoms with E-state index in [1.54, 1.807) is 12.1 Å². The van der Waals surface area contributed by atoms with Gasteiger partial charge in [-0.1, -0.05) is 17.7 Å². The van der Waals surface area contributed by atoms with Crippen molar-refractivity contribution in [2.75, 3.05) is 0 Å². The van der Waals surface area contributed by atoms with Crippen LogP contribution in [-0.2, 0) is 6.54 Å². The summed E-state index contributed by atoms with van der Waals surface area (Å²) in [6.45, 7) is 0.781. The zero-order chi connectivity index (χ0) is 13.9. The van der Waals surface area contributed by atoms with Gasteiger partial charge in [0.15, 0.2) is 0 Å². The normalized spacial score (nSPS) is 14.3. The minimum Gasteiger partial charge on any atom is -0.438 e. The van der Waals surface area contributed by atoms with Crippen LogP contribution in [0.5, 0.6) is 11.6 Å². The zero-order valence-electron chi connectivity index (χ0n) is 10.8. The number of pyridine rings is 1. The van der Waals surface area contributed by atoms with E-state index in [1.165, 1.54) is 12.8 Å². The van der Waals surface area contributed by atoms with Gasteiger partial charge >= 0.3 is 0 Å². The molecule has 0 amide bonds. The average molecular weight is 354 g/mol. The summed E-state index contributed by atoms with van der Waals surface area (Å²) in [5.41, 5.74) is 0.986. The Morgan fingerprint density at radius 3 is 2.90 bits per heavy atom. The van der Waals surface area contributed by atoms with Gasteiger partial charge in [0.05, 0.1) is 10.2 Å². The van der Waals surface area contributed by atoms with Gasteiger partial charge in [0.25, 0.3) is 0 Å². The number of benzene rings is 1. The van der Waals surface area contributed by atoms with Crippen molar-refractivity contribution in [3.63, 3.8) is 0 Å². The Labute approximate surface area is 131 Å². The molecule has 1 N–H and O–H groups in total. The fourth-order valence-electron chi connectivity index (χ4n) is 1.82. The molecule has 1 aromatic heterocycles. The second kappa shape index (κ2) is 6.12. The molecule has 1 aliphatic carbocycles. The summed E-state index contributed by atoms with van der Waals surface area (Å²) in [6.07, 6.45) is 2.54. The van der Waals surface area contributed by atoms with Crippen molar-refractivity contribution in [3.8, 4) is 11.6 Å². The summed E-state index contributed by atoms with van der Waals surface area (Å²) in [5, 5.41) is 4.10. The fourth-order valence-corrected chi connectivity index (χ4v) is 2.58. The molecule has 0 saturated heterocycles. The lowest BCUT2D eigenvalue weighted by atomic mass is 10.3. The second-order valence-electron chi connectivity index (χ2n) is 4.80. The molecule has 1 heterocycles. The van der Waals surface area contributed by atoms with Crippen LogP contribution in [0, 0.1) is 0 Å². The molecular formula is C15H14BrClN2O. The van der Waals surface area contributed by atoms with Crippen LogP contribution in [0.25, 0.3) is 0 Å². The fraction of sp³-hybridized carbons (Fsp3) is 0.267. The third-order valence-corrected chi connectivity index (χ3v) is 3.89. The van der Waals surface area contributed by atoms with Crippen LogP contribution >= 0.6 is 27.5 Å². The van der Waals surface area contributed by atoms with Gasteiger partial charge in [0.1, 0.15) is 5.75 Å². The minimum atomic E-state index is 0.586. The van der Waals surface area contributed by atoms with Crippen molar-refractivity contribution in [2.24, 2.45) is 0 Å². The van der Waals surface area contributed by atoms with Crippen molar-refractivity contribution < 1.29 is 4.74 Å². The predicted octanol–water partition coefficient (Wildman–Crippen LogP) is 4.54. The van der Waals surface area contributed by atoms with E-state index in [1.807, 2.05) is 24.3 Å². The first-order valence-electron chi connectivity index (χ1n) is 6.53. The predicted molar refractivity (Wildman–Crippen MR) is 83.3 cm³/mol. The van der Waals surface area contributed by atoms with E-state index < -0.39 is 0 Å². The first-order chi connectivity index (χ1) is 9.70. The molecular weight excluding hydrogens is 340 g/mol. The second-order valence-corrected chi connectivity index (χ2v) is 6.09. The van der Waals surface area contributed by atoms with Gasteiger partial charge in [-0.2, -0.15) is 0 Å². The van der Waals surface area contributed by atoms with Crippen LogP contribution in [-0.4, -0.2) is 11.0 Å². The third kappa shape index (κ3) is 3.72. The molecule has 3 rings (SSSR count). The van der Waals surface area contributed by atoms with E-state index in [0.717, 1.165) is 16.7 Å². The molecule has 0 atom stereocenters. The molecule has 20 heavy (non-hydrogen) atoms. The Morgan fingerprint density at radius 1 is 1.30 bits per heavy atom. The highest BCUT2D eigenvalue weighted by Crippen LogP contribution is 2.31. The maximum absolute atomic E-state index is 5.91. The summed E-state index contributed by atoms with van der Waals surface area (Å²) in [5.74, 6) is 1.29. The van der Waals surface area contributed by atoms with Gasteiger partial charge in [-0.25, -0.2) is 4.98 Å². The van der Waals surface area contributed by atoms with Crippen LogP contribution in [0.4, 0.5) is 0 Å². The van der Waals surface area contributed by atoms with Crippen molar-refractivity contribution in [2.45, 2.75) is 25.4 Å². The van der Waals surface area contributed by atoms with Gasteiger partial charge in [-0.15, -0.1) is 0 Å². The number of ether oxygens (including phenoxy) is 1. The maximum Gasteiger partial charge on any atom is 0.219 e. The molecule has 2 aromatic rings. The molecule has 0 spiro atoms. The number of rotatable bonds is 5. The average Bonchev–Trinajstić information content (AvgIpc) is 3.24. The highest BCUT2D eigenvalue weighted by Gasteiger charge is 2.20. The van der Waals surface area contributed by atoms with Crippen LogP contribution in [0.15, 0.2) is 40.9 Å². The Bertz CT molecular complexity index is 617. The van der Waals surface area contributed by atoms with Crippen molar-refractivity contribution in [3.05, 3.63) is 51.6 Å². The van der Waals surface area contributed by atoms with Gasteiger partial charge in [-0.05, 0) is 53.0 Å². The molecule has 1 fully saturated rings. The Morgan fingerprint density at radius 2 is 2.15 bits per heavy atom. The molecule has 3 nitrogen and oxygen atoms in total. The lowest BCUT2D eigenvalue weighted by molar-refractivity contribution is 0.456.